The van der Waals surface area contributed by atoms with Crippen LogP contribution in [0, 0.1) is 5.82 Å². The Morgan fingerprint density at radius 3 is 3.00 bits per heavy atom. The Hall–Kier alpha value is -1.30. The molecule has 0 atom stereocenters. The van der Waals surface area contributed by atoms with Crippen molar-refractivity contribution in [1.82, 2.24) is 10.3 Å². The lowest BCUT2D eigenvalue weighted by molar-refractivity contribution is 0.0952. The van der Waals surface area contributed by atoms with E-state index in [4.69, 9.17) is 0 Å². The lowest BCUT2D eigenvalue weighted by Gasteiger charge is -2.07. The third-order valence-electron chi connectivity index (χ3n) is 1.96. The van der Waals surface area contributed by atoms with E-state index in [1.165, 1.54) is 12.3 Å². The molecule has 0 spiro atoms. The molecule has 4 nitrogen and oxygen atoms in total. The highest BCUT2D eigenvalue weighted by Crippen LogP contribution is 2.13. The van der Waals surface area contributed by atoms with Gasteiger partial charge >= 0.3 is 0 Å². The van der Waals surface area contributed by atoms with Crippen LogP contribution < -0.4 is 10.6 Å². The maximum atomic E-state index is 13.6. The number of hydrogen-bond donors (Lipinski definition) is 2. The summed E-state index contributed by atoms with van der Waals surface area (Å²) in [5.74, 6) is -0.147. The topological polar surface area (TPSA) is 54.0 Å². The number of aromatic nitrogens is 1. The van der Waals surface area contributed by atoms with Gasteiger partial charge in [-0.15, -0.1) is 0 Å². The number of amides is 1. The number of nitrogens with zero attached hydrogens (tertiary/aromatic N) is 1. The lowest BCUT2D eigenvalue weighted by atomic mass is 10.2. The number of pyridine rings is 1. The maximum Gasteiger partial charge on any atom is 0.254 e. The molecule has 0 unspecified atom stereocenters. The average molecular weight is 243 g/mol. The third kappa shape index (κ3) is 3.10. The second kappa shape index (κ2) is 6.32. The highest BCUT2D eigenvalue weighted by molar-refractivity contribution is 7.98. The van der Waals surface area contributed by atoms with Crippen LogP contribution in [0.2, 0.25) is 0 Å². The first-order chi connectivity index (χ1) is 7.70. The highest BCUT2D eigenvalue weighted by atomic mass is 32.2. The van der Waals surface area contributed by atoms with E-state index in [0.717, 1.165) is 5.75 Å². The van der Waals surface area contributed by atoms with Gasteiger partial charge in [0.1, 0.15) is 0 Å². The van der Waals surface area contributed by atoms with Gasteiger partial charge in [-0.2, -0.15) is 11.8 Å². The van der Waals surface area contributed by atoms with Crippen LogP contribution in [-0.2, 0) is 0 Å². The van der Waals surface area contributed by atoms with Crippen LogP contribution >= 0.6 is 11.8 Å². The fourth-order valence-electron chi connectivity index (χ4n) is 1.16. The van der Waals surface area contributed by atoms with Crippen LogP contribution in [0.3, 0.4) is 0 Å². The summed E-state index contributed by atoms with van der Waals surface area (Å²) in [5, 5.41) is 5.22. The smallest absolute Gasteiger partial charge is 0.254 e. The van der Waals surface area contributed by atoms with Crippen LogP contribution in [0.15, 0.2) is 12.3 Å². The van der Waals surface area contributed by atoms with Crippen molar-refractivity contribution in [3.8, 4) is 0 Å². The molecule has 88 valence electrons. The minimum absolute atomic E-state index is 0.0143. The van der Waals surface area contributed by atoms with Crippen molar-refractivity contribution in [3.63, 3.8) is 0 Å². The molecule has 1 aromatic heterocycles. The molecule has 0 radical (unpaired) electrons. The third-order valence-corrected chi connectivity index (χ3v) is 2.57. The summed E-state index contributed by atoms with van der Waals surface area (Å²) < 4.78 is 13.6. The Bertz CT molecular complexity index is 373. The van der Waals surface area contributed by atoms with Crippen molar-refractivity contribution in [2.75, 3.05) is 30.9 Å². The minimum atomic E-state index is -0.619. The fourth-order valence-corrected chi connectivity index (χ4v) is 1.46. The van der Waals surface area contributed by atoms with Crippen molar-refractivity contribution in [3.05, 3.63) is 23.6 Å². The highest BCUT2D eigenvalue weighted by Gasteiger charge is 2.14. The van der Waals surface area contributed by atoms with Gasteiger partial charge in [-0.05, 0) is 12.3 Å². The van der Waals surface area contributed by atoms with Crippen molar-refractivity contribution >= 4 is 23.5 Å². The molecule has 0 saturated carbocycles. The molecule has 1 aromatic rings. The predicted octanol–water partition coefficient (Wildman–Crippen LogP) is 1.36. The quantitative estimate of drug-likeness (QED) is 0.767. The number of carbonyl (C=O) groups is 1. The monoisotopic (exact) mass is 243 g/mol. The number of thioether (sulfide) groups is 1. The van der Waals surface area contributed by atoms with Gasteiger partial charge in [0, 0.05) is 25.5 Å². The van der Waals surface area contributed by atoms with Crippen LogP contribution in [0.4, 0.5) is 10.2 Å². The van der Waals surface area contributed by atoms with Gasteiger partial charge in [0.25, 0.3) is 5.91 Å². The molecule has 0 saturated heterocycles. The summed E-state index contributed by atoms with van der Waals surface area (Å²) in [4.78, 5) is 15.4. The number of rotatable bonds is 5. The lowest BCUT2D eigenvalue weighted by Crippen LogP contribution is -2.26. The molecular formula is C10H14FN3OS. The Kier molecular flexibility index (Phi) is 5.04. The summed E-state index contributed by atoms with van der Waals surface area (Å²) in [7, 11) is 1.56. The molecule has 0 aliphatic heterocycles. The Labute approximate surface area is 98.0 Å². The number of hydrogen-bond acceptors (Lipinski definition) is 4. The van der Waals surface area contributed by atoms with Crippen molar-refractivity contribution in [2.45, 2.75) is 0 Å². The van der Waals surface area contributed by atoms with E-state index in [2.05, 4.69) is 15.6 Å². The van der Waals surface area contributed by atoms with Crippen LogP contribution in [0.5, 0.6) is 0 Å². The van der Waals surface area contributed by atoms with Crippen molar-refractivity contribution in [1.29, 1.82) is 0 Å². The fraction of sp³-hybridized carbons (Fsp3) is 0.400. The molecular weight excluding hydrogens is 229 g/mol. The predicted molar refractivity (Wildman–Crippen MR) is 64.5 cm³/mol. The summed E-state index contributed by atoms with van der Waals surface area (Å²) in [6.07, 6.45) is 3.34. The van der Waals surface area contributed by atoms with Crippen molar-refractivity contribution in [2.24, 2.45) is 0 Å². The molecule has 16 heavy (non-hydrogen) atoms. The maximum absolute atomic E-state index is 13.6. The van der Waals surface area contributed by atoms with Gasteiger partial charge in [0.2, 0.25) is 0 Å². The van der Waals surface area contributed by atoms with E-state index in [9.17, 15) is 9.18 Å². The zero-order valence-corrected chi connectivity index (χ0v) is 10.0. The van der Waals surface area contributed by atoms with Crippen molar-refractivity contribution < 1.29 is 9.18 Å². The molecule has 0 aromatic carbocycles. The summed E-state index contributed by atoms with van der Waals surface area (Å²) in [6.45, 7) is 0.524. The van der Waals surface area contributed by atoms with Gasteiger partial charge in [-0.3, -0.25) is 4.79 Å². The molecule has 6 heteroatoms. The molecule has 0 fully saturated rings. The minimum Gasteiger partial charge on any atom is -0.371 e. The average Bonchev–Trinajstić information content (AvgIpc) is 2.29. The van der Waals surface area contributed by atoms with Gasteiger partial charge in [0.15, 0.2) is 11.6 Å². The molecule has 1 rings (SSSR count). The Balaban J connectivity index is 2.75. The SMILES string of the molecule is CNc1nccc(C(=O)NCCSC)c1F. The zero-order chi connectivity index (χ0) is 12.0. The largest absolute Gasteiger partial charge is 0.371 e. The standard InChI is InChI=1S/C10H14FN3OS/c1-12-9-8(11)7(3-4-13-9)10(15)14-5-6-16-2/h3-4H,5-6H2,1-2H3,(H,12,13)(H,14,15). The second-order valence-electron chi connectivity index (χ2n) is 3.02. The zero-order valence-electron chi connectivity index (χ0n) is 9.21. The number of nitrogens with one attached hydrogen (secondary N) is 2. The van der Waals surface area contributed by atoms with Crippen LogP contribution in [0.25, 0.3) is 0 Å². The van der Waals surface area contributed by atoms with E-state index in [1.807, 2.05) is 6.26 Å². The number of anilines is 1. The molecule has 0 aliphatic rings. The summed E-state index contributed by atoms with van der Waals surface area (Å²) >= 11 is 1.62. The second-order valence-corrected chi connectivity index (χ2v) is 4.01. The van der Waals surface area contributed by atoms with E-state index >= 15 is 0 Å². The number of halogens is 1. The van der Waals surface area contributed by atoms with E-state index in [0.29, 0.717) is 6.54 Å². The molecule has 1 amide bonds. The van der Waals surface area contributed by atoms with E-state index in [1.54, 1.807) is 18.8 Å². The molecule has 1 heterocycles. The van der Waals surface area contributed by atoms with Gasteiger partial charge in [-0.1, -0.05) is 0 Å². The first kappa shape index (κ1) is 12.8. The van der Waals surface area contributed by atoms with Gasteiger partial charge in [-0.25, -0.2) is 9.37 Å². The Morgan fingerprint density at radius 2 is 2.38 bits per heavy atom. The number of carbonyl (C=O) groups excluding carboxylic acids is 1. The first-order valence-corrected chi connectivity index (χ1v) is 6.19. The summed E-state index contributed by atoms with van der Waals surface area (Å²) in [6, 6.07) is 1.37. The van der Waals surface area contributed by atoms with E-state index < -0.39 is 11.7 Å². The van der Waals surface area contributed by atoms with E-state index in [-0.39, 0.29) is 11.4 Å². The molecule has 0 aliphatic carbocycles. The van der Waals surface area contributed by atoms with Crippen LogP contribution in [-0.4, -0.2) is 36.5 Å². The normalized spacial score (nSPS) is 9.94. The molecule has 2 N–H and O–H groups in total. The van der Waals surface area contributed by atoms with Crippen LogP contribution in [0.1, 0.15) is 10.4 Å². The molecule has 0 bridgehead atoms. The first-order valence-electron chi connectivity index (χ1n) is 4.80. The van der Waals surface area contributed by atoms with Gasteiger partial charge in [0.05, 0.1) is 5.56 Å². The Morgan fingerprint density at radius 1 is 1.62 bits per heavy atom. The summed E-state index contributed by atoms with van der Waals surface area (Å²) in [5.41, 5.74) is 0.0143. The van der Waals surface area contributed by atoms with Gasteiger partial charge < -0.3 is 10.6 Å².